The van der Waals surface area contributed by atoms with Crippen LogP contribution in [0.25, 0.3) is 0 Å². The van der Waals surface area contributed by atoms with Crippen LogP contribution in [0.15, 0.2) is 0 Å². The monoisotopic (exact) mass is 267 g/mol. The van der Waals surface area contributed by atoms with E-state index < -0.39 is 11.9 Å². The highest BCUT2D eigenvalue weighted by molar-refractivity contribution is 5.91. The molecule has 0 unspecified atom stereocenters. The number of nitrogens with one attached hydrogen (secondary N) is 1. The Morgan fingerprint density at radius 2 is 1.79 bits per heavy atom. The largest absolute Gasteiger partial charge is 0.481 e. The van der Waals surface area contributed by atoms with Gasteiger partial charge in [0.05, 0.1) is 11.8 Å². The Kier molecular flexibility index (Phi) is 4.16. The zero-order valence-corrected chi connectivity index (χ0v) is 11.9. The van der Waals surface area contributed by atoms with Crippen molar-refractivity contribution in [2.45, 2.75) is 52.4 Å². The number of carbonyl (C=O) groups excluding carboxylic acids is 1. The molecule has 0 saturated heterocycles. The van der Waals surface area contributed by atoms with Crippen LogP contribution >= 0.6 is 0 Å². The maximum atomic E-state index is 12.0. The first-order valence-electron chi connectivity index (χ1n) is 7.45. The Morgan fingerprint density at radius 1 is 1.16 bits per heavy atom. The van der Waals surface area contributed by atoms with Gasteiger partial charge in [0.25, 0.3) is 0 Å². The quantitative estimate of drug-likeness (QED) is 0.804. The maximum absolute atomic E-state index is 12.0. The Bertz CT molecular complexity index is 358. The summed E-state index contributed by atoms with van der Waals surface area (Å²) in [6.07, 6.45) is 7.58. The van der Waals surface area contributed by atoms with Gasteiger partial charge in [-0.1, -0.05) is 46.0 Å². The van der Waals surface area contributed by atoms with E-state index in [2.05, 4.69) is 5.32 Å². The van der Waals surface area contributed by atoms with E-state index in [4.69, 9.17) is 5.11 Å². The number of hydrogen-bond acceptors (Lipinski definition) is 2. The van der Waals surface area contributed by atoms with Gasteiger partial charge in [-0.15, -0.1) is 0 Å². The van der Waals surface area contributed by atoms with Crippen molar-refractivity contribution in [1.29, 1.82) is 0 Å². The molecular weight excluding hydrogens is 242 g/mol. The van der Waals surface area contributed by atoms with Crippen molar-refractivity contribution >= 4 is 11.9 Å². The van der Waals surface area contributed by atoms with Crippen molar-refractivity contribution in [1.82, 2.24) is 5.32 Å². The predicted octanol–water partition coefficient (Wildman–Crippen LogP) is 2.43. The smallest absolute Gasteiger partial charge is 0.307 e. The van der Waals surface area contributed by atoms with Crippen LogP contribution in [0.1, 0.15) is 52.4 Å². The Balaban J connectivity index is 1.72. The van der Waals surface area contributed by atoms with Crippen LogP contribution in [0.4, 0.5) is 0 Å². The summed E-state index contributed by atoms with van der Waals surface area (Å²) in [4.78, 5) is 23.0. The highest BCUT2D eigenvalue weighted by Crippen LogP contribution is 2.58. The molecule has 0 aromatic heterocycles. The van der Waals surface area contributed by atoms with E-state index >= 15 is 0 Å². The molecule has 0 spiro atoms. The van der Waals surface area contributed by atoms with Gasteiger partial charge in [-0.3, -0.25) is 9.59 Å². The number of hydrogen-bond donors (Lipinski definition) is 2. The fourth-order valence-electron chi connectivity index (χ4n) is 3.57. The third kappa shape index (κ3) is 3.10. The molecule has 2 atom stereocenters. The van der Waals surface area contributed by atoms with Crippen LogP contribution in [0.5, 0.6) is 0 Å². The first-order chi connectivity index (χ1) is 8.94. The Morgan fingerprint density at radius 3 is 2.32 bits per heavy atom. The van der Waals surface area contributed by atoms with Gasteiger partial charge in [0.1, 0.15) is 0 Å². The van der Waals surface area contributed by atoms with Gasteiger partial charge in [-0.05, 0) is 17.8 Å². The minimum absolute atomic E-state index is 0.0757. The first-order valence-corrected chi connectivity index (χ1v) is 7.45. The molecule has 0 aliphatic heterocycles. The van der Waals surface area contributed by atoms with E-state index in [9.17, 15) is 9.59 Å². The molecule has 2 aliphatic carbocycles. The molecule has 2 fully saturated rings. The van der Waals surface area contributed by atoms with Gasteiger partial charge in [0.2, 0.25) is 5.91 Å². The van der Waals surface area contributed by atoms with Crippen LogP contribution in [-0.4, -0.2) is 23.5 Å². The number of carbonyl (C=O) groups is 2. The minimum atomic E-state index is -0.850. The van der Waals surface area contributed by atoms with Crippen LogP contribution in [0.3, 0.4) is 0 Å². The van der Waals surface area contributed by atoms with Gasteiger partial charge in [0, 0.05) is 6.54 Å². The average molecular weight is 267 g/mol. The summed E-state index contributed by atoms with van der Waals surface area (Å²) in [5.41, 5.74) is -0.388. The molecule has 1 amide bonds. The molecule has 19 heavy (non-hydrogen) atoms. The van der Waals surface area contributed by atoms with Crippen LogP contribution in [0, 0.1) is 23.2 Å². The number of amides is 1. The van der Waals surface area contributed by atoms with Gasteiger partial charge in [-0.25, -0.2) is 0 Å². The summed E-state index contributed by atoms with van der Waals surface area (Å²) in [5, 5.41) is 12.0. The van der Waals surface area contributed by atoms with Crippen molar-refractivity contribution in [2.24, 2.45) is 23.2 Å². The lowest BCUT2D eigenvalue weighted by Gasteiger charge is -2.21. The Hall–Kier alpha value is -1.06. The highest BCUT2D eigenvalue weighted by atomic mass is 16.4. The van der Waals surface area contributed by atoms with Gasteiger partial charge in [-0.2, -0.15) is 0 Å². The lowest BCUT2D eigenvalue weighted by molar-refractivity contribution is -0.140. The molecule has 0 aromatic rings. The topological polar surface area (TPSA) is 66.4 Å². The zero-order chi connectivity index (χ0) is 14.0. The third-order valence-corrected chi connectivity index (χ3v) is 4.95. The molecule has 4 heteroatoms. The molecule has 2 saturated carbocycles. The normalized spacial score (nSPS) is 29.8. The van der Waals surface area contributed by atoms with Crippen molar-refractivity contribution in [2.75, 3.05) is 6.54 Å². The second kappa shape index (κ2) is 5.51. The summed E-state index contributed by atoms with van der Waals surface area (Å²) in [6, 6.07) is 0. The number of carboxylic acid groups (broad SMARTS) is 1. The van der Waals surface area contributed by atoms with Crippen molar-refractivity contribution in [3.8, 4) is 0 Å². The average Bonchev–Trinajstić information content (AvgIpc) is 2.94. The number of rotatable bonds is 5. The van der Waals surface area contributed by atoms with E-state index in [-0.39, 0.29) is 17.2 Å². The standard InChI is InChI=1S/C15H25NO3/c1-15(2)11(12(15)14(18)19)13(17)16-9-8-10-6-4-3-5-7-10/h10-12H,3-9H2,1-2H3,(H,16,17)(H,18,19)/t11-,12+/m1/s1. The SMILES string of the molecule is CC1(C)[C@H](C(=O)O)[C@@H]1C(=O)NCCC1CCCCC1. The lowest BCUT2D eigenvalue weighted by atomic mass is 9.87. The van der Waals surface area contributed by atoms with E-state index in [1.807, 2.05) is 13.8 Å². The first kappa shape index (κ1) is 14.4. The van der Waals surface area contributed by atoms with Crippen LogP contribution in [0.2, 0.25) is 0 Å². The van der Waals surface area contributed by atoms with E-state index in [1.54, 1.807) is 0 Å². The van der Waals surface area contributed by atoms with Crippen molar-refractivity contribution in [3.63, 3.8) is 0 Å². The number of aliphatic carboxylic acids is 1. The van der Waals surface area contributed by atoms with E-state index in [0.29, 0.717) is 6.54 Å². The Labute approximate surface area is 115 Å². The van der Waals surface area contributed by atoms with Crippen LogP contribution < -0.4 is 5.32 Å². The van der Waals surface area contributed by atoms with E-state index in [0.717, 1.165) is 12.3 Å². The molecule has 4 nitrogen and oxygen atoms in total. The highest BCUT2D eigenvalue weighted by Gasteiger charge is 2.65. The predicted molar refractivity (Wildman–Crippen MR) is 72.6 cm³/mol. The van der Waals surface area contributed by atoms with Gasteiger partial charge < -0.3 is 10.4 Å². The summed E-state index contributed by atoms with van der Waals surface area (Å²) in [5.74, 6) is -1.04. The molecule has 108 valence electrons. The second-order valence-corrected chi connectivity index (χ2v) is 6.70. The van der Waals surface area contributed by atoms with Gasteiger partial charge >= 0.3 is 5.97 Å². The molecule has 0 aromatic carbocycles. The minimum Gasteiger partial charge on any atom is -0.481 e. The summed E-state index contributed by atoms with van der Waals surface area (Å²) >= 11 is 0. The summed E-state index contributed by atoms with van der Waals surface area (Å²) in [6.45, 7) is 4.41. The summed E-state index contributed by atoms with van der Waals surface area (Å²) in [7, 11) is 0. The molecule has 0 heterocycles. The fourth-order valence-corrected chi connectivity index (χ4v) is 3.57. The fraction of sp³-hybridized carbons (Fsp3) is 0.867. The molecule has 2 rings (SSSR count). The molecule has 2 aliphatic rings. The number of carboxylic acids is 1. The van der Waals surface area contributed by atoms with Crippen LogP contribution in [-0.2, 0) is 9.59 Å². The molecule has 0 bridgehead atoms. The zero-order valence-electron chi connectivity index (χ0n) is 11.9. The third-order valence-electron chi connectivity index (χ3n) is 4.95. The van der Waals surface area contributed by atoms with Crippen molar-refractivity contribution < 1.29 is 14.7 Å². The van der Waals surface area contributed by atoms with Gasteiger partial charge in [0.15, 0.2) is 0 Å². The summed E-state index contributed by atoms with van der Waals surface area (Å²) < 4.78 is 0. The molecular formula is C15H25NO3. The second-order valence-electron chi connectivity index (χ2n) is 6.70. The van der Waals surface area contributed by atoms with Crippen molar-refractivity contribution in [3.05, 3.63) is 0 Å². The lowest BCUT2D eigenvalue weighted by Crippen LogP contribution is -2.29. The molecule has 2 N–H and O–H groups in total. The van der Waals surface area contributed by atoms with E-state index in [1.165, 1.54) is 32.1 Å². The molecule has 0 radical (unpaired) electrons. The maximum Gasteiger partial charge on any atom is 0.307 e.